The van der Waals surface area contributed by atoms with Gasteiger partial charge in [-0.05, 0) is 5.92 Å². The van der Waals surface area contributed by atoms with Crippen LogP contribution in [0.1, 0.15) is 13.8 Å². The number of hydrogen-bond donors (Lipinski definition) is 0. The molecule has 0 bridgehead atoms. The predicted molar refractivity (Wildman–Crippen MR) is 67.7 cm³/mol. The van der Waals surface area contributed by atoms with E-state index in [1.165, 1.54) is 19.3 Å². The number of rotatable bonds is 4. The van der Waals surface area contributed by atoms with E-state index in [0.29, 0.717) is 5.92 Å². The minimum absolute atomic E-state index is 0.129. The second-order valence-corrected chi connectivity index (χ2v) is 4.44. The summed E-state index contributed by atoms with van der Waals surface area (Å²) in [6.45, 7) is 4.02. The lowest BCUT2D eigenvalue weighted by Crippen LogP contribution is -2.28. The highest BCUT2D eigenvalue weighted by atomic mass is 16.7. The zero-order chi connectivity index (χ0) is 14.6. The van der Waals surface area contributed by atoms with E-state index in [9.17, 15) is 9.59 Å². The molecule has 106 valence electrons. The van der Waals surface area contributed by atoms with Gasteiger partial charge < -0.3 is 14.3 Å². The summed E-state index contributed by atoms with van der Waals surface area (Å²) >= 11 is 0. The van der Waals surface area contributed by atoms with Gasteiger partial charge in [-0.25, -0.2) is 9.59 Å². The Labute approximate surface area is 112 Å². The third-order valence-electron chi connectivity index (χ3n) is 2.62. The largest absolute Gasteiger partial charge is 0.465 e. The molecule has 1 atom stereocenters. The molecule has 0 aromatic rings. The highest BCUT2D eigenvalue weighted by Gasteiger charge is 2.40. The lowest BCUT2D eigenvalue weighted by atomic mass is 10.0. The molecule has 6 nitrogen and oxygen atoms in total. The van der Waals surface area contributed by atoms with E-state index in [1.807, 2.05) is 19.9 Å². The normalized spacial score (nSPS) is 20.0. The van der Waals surface area contributed by atoms with Gasteiger partial charge >= 0.3 is 11.9 Å². The molecule has 0 fully saturated rings. The number of esters is 2. The van der Waals surface area contributed by atoms with Crippen molar-refractivity contribution >= 4 is 11.9 Å². The van der Waals surface area contributed by atoms with Crippen molar-refractivity contribution < 1.29 is 23.9 Å². The Morgan fingerprint density at radius 3 is 2.32 bits per heavy atom. The van der Waals surface area contributed by atoms with Gasteiger partial charge in [-0.1, -0.05) is 26.0 Å². The van der Waals surface area contributed by atoms with E-state index < -0.39 is 18.0 Å². The number of nitrogens with zero attached hydrogens (tertiary/aromatic N) is 1. The van der Waals surface area contributed by atoms with E-state index >= 15 is 0 Å². The zero-order valence-electron chi connectivity index (χ0n) is 11.8. The highest BCUT2D eigenvalue weighted by Crippen LogP contribution is 2.28. The molecule has 0 saturated heterocycles. The Kier molecular flexibility index (Phi) is 5.11. The van der Waals surface area contributed by atoms with Gasteiger partial charge in [-0.2, -0.15) is 0 Å². The second-order valence-electron chi connectivity index (χ2n) is 4.44. The Hall–Kier alpha value is -1.82. The van der Waals surface area contributed by atoms with E-state index in [4.69, 9.17) is 9.57 Å². The van der Waals surface area contributed by atoms with Crippen LogP contribution in [-0.4, -0.2) is 44.3 Å². The molecular weight excluding hydrogens is 250 g/mol. The van der Waals surface area contributed by atoms with Gasteiger partial charge in [0.1, 0.15) is 5.57 Å². The maximum Gasteiger partial charge on any atom is 0.376 e. The molecule has 0 aromatic carbocycles. The minimum atomic E-state index is -0.701. The zero-order valence-corrected chi connectivity index (χ0v) is 11.8. The average molecular weight is 269 g/mol. The van der Waals surface area contributed by atoms with Crippen LogP contribution in [0.3, 0.4) is 0 Å². The molecule has 0 aliphatic carbocycles. The molecule has 1 aliphatic heterocycles. The predicted octanol–water partition coefficient (Wildman–Crippen LogP) is 1.04. The van der Waals surface area contributed by atoms with Crippen molar-refractivity contribution in [1.29, 1.82) is 0 Å². The topological polar surface area (TPSA) is 65.1 Å². The minimum Gasteiger partial charge on any atom is -0.465 e. The van der Waals surface area contributed by atoms with Gasteiger partial charge in [-0.15, -0.1) is 5.06 Å². The van der Waals surface area contributed by atoms with Crippen molar-refractivity contribution in [3.63, 3.8) is 0 Å². The maximum atomic E-state index is 11.8. The molecule has 0 spiro atoms. The monoisotopic (exact) mass is 269 g/mol. The van der Waals surface area contributed by atoms with Crippen LogP contribution in [-0.2, 0) is 23.9 Å². The van der Waals surface area contributed by atoms with Crippen molar-refractivity contribution in [2.75, 3.05) is 21.3 Å². The summed E-state index contributed by atoms with van der Waals surface area (Å²) in [6.07, 6.45) is 3.72. The standard InChI is InChI=1S/C13H19NO5/c1-8(2)6-7-9-10(12(15)17-4)11(13(16)18-5)19-14(9)3/h6-9H,1-5H3/b7-6+. The summed E-state index contributed by atoms with van der Waals surface area (Å²) in [6, 6.07) is -0.469. The summed E-state index contributed by atoms with van der Waals surface area (Å²) in [5.74, 6) is -1.12. The van der Waals surface area contributed by atoms with Crippen molar-refractivity contribution in [3.05, 3.63) is 23.5 Å². The van der Waals surface area contributed by atoms with Crippen LogP contribution in [0, 0.1) is 5.92 Å². The number of allylic oxidation sites excluding steroid dienone is 1. The number of hydrogen-bond acceptors (Lipinski definition) is 6. The fourth-order valence-corrected chi connectivity index (χ4v) is 1.67. The average Bonchev–Trinajstić information content (AvgIpc) is 2.71. The first-order valence-corrected chi connectivity index (χ1v) is 5.92. The second kappa shape index (κ2) is 6.38. The first-order chi connectivity index (χ1) is 8.92. The molecule has 0 radical (unpaired) electrons. The maximum absolute atomic E-state index is 11.8. The summed E-state index contributed by atoms with van der Waals surface area (Å²) in [4.78, 5) is 28.7. The van der Waals surface area contributed by atoms with Crippen LogP contribution in [0.25, 0.3) is 0 Å². The van der Waals surface area contributed by atoms with E-state index in [-0.39, 0.29) is 11.3 Å². The van der Waals surface area contributed by atoms with Crippen LogP contribution in [0.15, 0.2) is 23.5 Å². The van der Waals surface area contributed by atoms with Crippen molar-refractivity contribution in [2.45, 2.75) is 19.9 Å². The van der Waals surface area contributed by atoms with E-state index in [0.717, 1.165) is 0 Å². The van der Waals surface area contributed by atoms with E-state index in [2.05, 4.69) is 4.74 Å². The molecule has 0 amide bonds. The third-order valence-corrected chi connectivity index (χ3v) is 2.62. The molecule has 6 heteroatoms. The number of methoxy groups -OCH3 is 2. The van der Waals surface area contributed by atoms with Crippen LogP contribution in [0.2, 0.25) is 0 Å². The van der Waals surface area contributed by atoms with Crippen LogP contribution in [0.5, 0.6) is 0 Å². The summed E-state index contributed by atoms with van der Waals surface area (Å²) in [5.41, 5.74) is 0.147. The molecule has 1 aliphatic rings. The smallest absolute Gasteiger partial charge is 0.376 e. The van der Waals surface area contributed by atoms with Crippen molar-refractivity contribution in [3.8, 4) is 0 Å². The Balaban J connectivity index is 3.17. The van der Waals surface area contributed by atoms with Crippen LogP contribution in [0.4, 0.5) is 0 Å². The summed E-state index contributed by atoms with van der Waals surface area (Å²) in [5, 5.41) is 1.41. The first-order valence-electron chi connectivity index (χ1n) is 5.92. The molecule has 1 unspecified atom stereocenters. The summed E-state index contributed by atoms with van der Waals surface area (Å²) in [7, 11) is 4.12. The van der Waals surface area contributed by atoms with Crippen LogP contribution < -0.4 is 0 Å². The molecule has 19 heavy (non-hydrogen) atoms. The van der Waals surface area contributed by atoms with Crippen molar-refractivity contribution in [2.24, 2.45) is 5.92 Å². The van der Waals surface area contributed by atoms with Crippen LogP contribution >= 0.6 is 0 Å². The Morgan fingerprint density at radius 2 is 1.84 bits per heavy atom. The van der Waals surface area contributed by atoms with Gasteiger partial charge in [0.05, 0.1) is 20.3 Å². The number of carbonyl (C=O) groups is 2. The third kappa shape index (κ3) is 3.35. The quantitative estimate of drug-likeness (QED) is 0.561. The number of ether oxygens (including phenoxy) is 2. The Bertz CT molecular complexity index is 425. The number of hydroxylamine groups is 2. The molecule has 0 saturated carbocycles. The van der Waals surface area contributed by atoms with Gasteiger partial charge in [0, 0.05) is 7.05 Å². The fourth-order valence-electron chi connectivity index (χ4n) is 1.67. The number of carbonyl (C=O) groups excluding carboxylic acids is 2. The number of likely N-dealkylation sites (N-methyl/N-ethyl adjacent to an activating group) is 1. The summed E-state index contributed by atoms with van der Waals surface area (Å²) < 4.78 is 9.30. The van der Waals surface area contributed by atoms with Gasteiger partial charge in [0.15, 0.2) is 0 Å². The Morgan fingerprint density at radius 1 is 1.26 bits per heavy atom. The first kappa shape index (κ1) is 15.2. The van der Waals surface area contributed by atoms with Gasteiger partial charge in [0.25, 0.3) is 0 Å². The van der Waals surface area contributed by atoms with E-state index in [1.54, 1.807) is 13.1 Å². The molecule has 1 heterocycles. The fraction of sp³-hybridized carbons (Fsp3) is 0.538. The van der Waals surface area contributed by atoms with Gasteiger partial charge in [0.2, 0.25) is 5.76 Å². The molecule has 1 rings (SSSR count). The lowest BCUT2D eigenvalue weighted by molar-refractivity contribution is -0.150. The van der Waals surface area contributed by atoms with Gasteiger partial charge in [-0.3, -0.25) is 0 Å². The van der Waals surface area contributed by atoms with Crippen molar-refractivity contribution in [1.82, 2.24) is 5.06 Å². The molecular formula is C13H19NO5. The SMILES string of the molecule is COC(=O)C1=C(C(=O)OC)C(/C=C/C(C)C)N(C)O1. The highest BCUT2D eigenvalue weighted by molar-refractivity contribution is 6.00. The molecule has 0 N–H and O–H groups in total. The lowest BCUT2D eigenvalue weighted by Gasteiger charge is -2.16. The molecule has 0 aromatic heterocycles.